The number of aromatic nitrogens is 1. The topological polar surface area (TPSA) is 59.2 Å². The molecule has 0 spiro atoms. The largest absolute Gasteiger partial charge is 0.338 e. The molecular formula is C12H18ClN3OS. The molecule has 0 aromatic carbocycles. The van der Waals surface area contributed by atoms with Crippen molar-refractivity contribution in [3.63, 3.8) is 0 Å². The van der Waals surface area contributed by atoms with Crippen molar-refractivity contribution in [2.75, 3.05) is 18.6 Å². The molecule has 1 aromatic rings. The van der Waals surface area contributed by atoms with Gasteiger partial charge in [0.1, 0.15) is 0 Å². The Morgan fingerprint density at radius 1 is 1.67 bits per heavy atom. The molecule has 2 N–H and O–H groups in total. The minimum atomic E-state index is 0. The molecule has 0 radical (unpaired) electrons. The summed E-state index contributed by atoms with van der Waals surface area (Å²) in [6.07, 6.45) is 2.73. The number of carbonyl (C=O) groups excluding carboxylic acids is 1. The first-order valence-electron chi connectivity index (χ1n) is 5.72. The Hall–Kier alpha value is -0.780. The molecular weight excluding hydrogens is 270 g/mol. The number of halogens is 1. The van der Waals surface area contributed by atoms with E-state index in [1.165, 1.54) is 0 Å². The van der Waals surface area contributed by atoms with Crippen LogP contribution in [0.1, 0.15) is 22.5 Å². The van der Waals surface area contributed by atoms with Gasteiger partial charge in [0.2, 0.25) is 0 Å². The zero-order valence-corrected chi connectivity index (χ0v) is 12.0. The highest BCUT2D eigenvalue weighted by atomic mass is 35.5. The Balaban J connectivity index is 0.00000162. The monoisotopic (exact) mass is 287 g/mol. The van der Waals surface area contributed by atoms with Crippen LogP contribution in [0, 0.1) is 0 Å². The van der Waals surface area contributed by atoms with Crippen LogP contribution >= 0.6 is 24.2 Å². The third kappa shape index (κ3) is 3.37. The molecule has 1 amide bonds. The standard InChI is InChI=1S/C12H17N3OS.ClH/c1-15(11-3-5-17-8-11)12(16)9-2-4-14-10(6-9)7-13;/h2,4,6,11H,3,5,7-8,13H2,1H3;1H. The Morgan fingerprint density at radius 3 is 3.06 bits per heavy atom. The Bertz CT molecular complexity index is 410. The number of rotatable bonds is 3. The van der Waals surface area contributed by atoms with Crippen molar-refractivity contribution in [1.82, 2.24) is 9.88 Å². The Morgan fingerprint density at radius 2 is 2.44 bits per heavy atom. The van der Waals surface area contributed by atoms with Crippen LogP contribution < -0.4 is 5.73 Å². The highest BCUT2D eigenvalue weighted by Gasteiger charge is 2.24. The van der Waals surface area contributed by atoms with Crippen molar-refractivity contribution >= 4 is 30.1 Å². The molecule has 1 saturated heterocycles. The summed E-state index contributed by atoms with van der Waals surface area (Å²) >= 11 is 1.90. The molecule has 6 heteroatoms. The molecule has 1 aromatic heterocycles. The van der Waals surface area contributed by atoms with Gasteiger partial charge in [-0.2, -0.15) is 11.8 Å². The molecule has 18 heavy (non-hydrogen) atoms. The van der Waals surface area contributed by atoms with Gasteiger partial charge in [0, 0.05) is 37.1 Å². The van der Waals surface area contributed by atoms with Crippen LogP contribution in [0.2, 0.25) is 0 Å². The number of hydrogen-bond donors (Lipinski definition) is 1. The zero-order chi connectivity index (χ0) is 12.3. The molecule has 4 nitrogen and oxygen atoms in total. The van der Waals surface area contributed by atoms with Gasteiger partial charge in [-0.15, -0.1) is 12.4 Å². The van der Waals surface area contributed by atoms with Gasteiger partial charge in [0.05, 0.1) is 5.69 Å². The summed E-state index contributed by atoms with van der Waals surface area (Å²) in [5, 5.41) is 0. The molecule has 1 unspecified atom stereocenters. The average molecular weight is 288 g/mol. The maximum absolute atomic E-state index is 12.2. The number of amides is 1. The first-order valence-corrected chi connectivity index (χ1v) is 6.87. The van der Waals surface area contributed by atoms with E-state index in [-0.39, 0.29) is 18.3 Å². The molecule has 2 rings (SSSR count). The fourth-order valence-electron chi connectivity index (χ4n) is 1.92. The predicted octanol–water partition coefficient (Wildman–Crippen LogP) is 1.54. The summed E-state index contributed by atoms with van der Waals surface area (Å²) in [6.45, 7) is 0.365. The van der Waals surface area contributed by atoms with Crippen LogP contribution in [-0.2, 0) is 6.54 Å². The van der Waals surface area contributed by atoms with Crippen molar-refractivity contribution in [2.24, 2.45) is 5.73 Å². The number of hydrogen-bond acceptors (Lipinski definition) is 4. The third-order valence-electron chi connectivity index (χ3n) is 3.05. The smallest absolute Gasteiger partial charge is 0.253 e. The summed E-state index contributed by atoms with van der Waals surface area (Å²) in [4.78, 5) is 18.2. The highest BCUT2D eigenvalue weighted by Crippen LogP contribution is 2.22. The molecule has 1 fully saturated rings. The fraction of sp³-hybridized carbons (Fsp3) is 0.500. The van der Waals surface area contributed by atoms with Gasteiger partial charge in [-0.25, -0.2) is 0 Å². The van der Waals surface area contributed by atoms with Gasteiger partial charge in [0.15, 0.2) is 0 Å². The molecule has 0 aliphatic carbocycles. The van der Waals surface area contributed by atoms with Gasteiger partial charge in [-0.05, 0) is 24.3 Å². The number of carbonyl (C=O) groups is 1. The van der Waals surface area contributed by atoms with Crippen molar-refractivity contribution < 1.29 is 4.79 Å². The van der Waals surface area contributed by atoms with E-state index in [0.29, 0.717) is 18.2 Å². The van der Waals surface area contributed by atoms with Crippen molar-refractivity contribution in [3.8, 4) is 0 Å². The van der Waals surface area contributed by atoms with Crippen LogP contribution in [0.15, 0.2) is 18.3 Å². The Labute approximate surface area is 118 Å². The van der Waals surface area contributed by atoms with Crippen LogP contribution in [-0.4, -0.2) is 40.4 Å². The lowest BCUT2D eigenvalue weighted by atomic mass is 10.1. The van der Waals surface area contributed by atoms with Crippen LogP contribution in [0.3, 0.4) is 0 Å². The number of pyridine rings is 1. The molecule has 0 bridgehead atoms. The van der Waals surface area contributed by atoms with Crippen LogP contribution in [0.25, 0.3) is 0 Å². The van der Waals surface area contributed by atoms with E-state index in [1.807, 2.05) is 23.7 Å². The lowest BCUT2D eigenvalue weighted by Gasteiger charge is -2.23. The first kappa shape index (κ1) is 15.3. The third-order valence-corrected chi connectivity index (χ3v) is 4.19. The second kappa shape index (κ2) is 6.97. The van der Waals surface area contributed by atoms with E-state index in [1.54, 1.807) is 18.3 Å². The normalized spacial score (nSPS) is 18.2. The fourth-order valence-corrected chi connectivity index (χ4v) is 3.19. The van der Waals surface area contributed by atoms with Gasteiger partial charge in [0.25, 0.3) is 5.91 Å². The van der Waals surface area contributed by atoms with Gasteiger partial charge in [-0.3, -0.25) is 9.78 Å². The van der Waals surface area contributed by atoms with E-state index in [2.05, 4.69) is 4.98 Å². The molecule has 0 saturated carbocycles. The molecule has 1 atom stereocenters. The average Bonchev–Trinajstić information content (AvgIpc) is 2.91. The molecule has 1 aliphatic heterocycles. The second-order valence-corrected chi connectivity index (χ2v) is 5.32. The summed E-state index contributed by atoms with van der Waals surface area (Å²) in [6, 6.07) is 3.89. The van der Waals surface area contributed by atoms with Crippen molar-refractivity contribution in [3.05, 3.63) is 29.6 Å². The van der Waals surface area contributed by atoms with Gasteiger partial charge >= 0.3 is 0 Å². The second-order valence-electron chi connectivity index (χ2n) is 4.17. The summed E-state index contributed by atoms with van der Waals surface area (Å²) in [5.41, 5.74) is 6.96. The molecule has 100 valence electrons. The summed E-state index contributed by atoms with van der Waals surface area (Å²) in [5.74, 6) is 2.25. The summed E-state index contributed by atoms with van der Waals surface area (Å²) < 4.78 is 0. The van der Waals surface area contributed by atoms with E-state index in [4.69, 9.17) is 5.73 Å². The number of nitrogens with zero attached hydrogens (tertiary/aromatic N) is 2. The van der Waals surface area contributed by atoms with Crippen molar-refractivity contribution in [1.29, 1.82) is 0 Å². The van der Waals surface area contributed by atoms with E-state index < -0.39 is 0 Å². The number of nitrogens with two attached hydrogens (primary N) is 1. The zero-order valence-electron chi connectivity index (χ0n) is 10.3. The lowest BCUT2D eigenvalue weighted by Crippen LogP contribution is -2.37. The molecule has 1 aliphatic rings. The van der Waals surface area contributed by atoms with E-state index >= 15 is 0 Å². The minimum Gasteiger partial charge on any atom is -0.338 e. The predicted molar refractivity (Wildman–Crippen MR) is 77.2 cm³/mol. The highest BCUT2D eigenvalue weighted by molar-refractivity contribution is 7.99. The lowest BCUT2D eigenvalue weighted by molar-refractivity contribution is 0.0747. The maximum atomic E-state index is 12.2. The van der Waals surface area contributed by atoms with Crippen LogP contribution in [0.4, 0.5) is 0 Å². The Kier molecular flexibility index (Phi) is 5.91. The summed E-state index contributed by atoms with van der Waals surface area (Å²) in [7, 11) is 1.88. The number of thioether (sulfide) groups is 1. The maximum Gasteiger partial charge on any atom is 0.253 e. The molecule has 2 heterocycles. The van der Waals surface area contributed by atoms with Crippen LogP contribution in [0.5, 0.6) is 0 Å². The SMILES string of the molecule is CN(C(=O)c1ccnc(CN)c1)C1CCSC1.Cl. The van der Waals surface area contributed by atoms with E-state index in [0.717, 1.165) is 23.6 Å². The minimum absolute atomic E-state index is 0. The van der Waals surface area contributed by atoms with Gasteiger partial charge in [-0.1, -0.05) is 0 Å². The van der Waals surface area contributed by atoms with E-state index in [9.17, 15) is 4.79 Å². The van der Waals surface area contributed by atoms with Crippen molar-refractivity contribution in [2.45, 2.75) is 19.0 Å². The first-order chi connectivity index (χ1) is 8.22. The van der Waals surface area contributed by atoms with Gasteiger partial charge < -0.3 is 10.6 Å². The quantitative estimate of drug-likeness (QED) is 0.916.